The number of aryl methyl sites for hydroxylation is 2. The number of nitrogens with two attached hydrogens (primary N) is 1. The van der Waals surface area contributed by atoms with E-state index in [0.717, 1.165) is 16.3 Å². The molecule has 1 aromatic heterocycles. The molecule has 2 rings (SSSR count). The van der Waals surface area contributed by atoms with E-state index in [2.05, 4.69) is 56.1 Å². The molecule has 1 heterocycles. The lowest BCUT2D eigenvalue weighted by molar-refractivity contribution is 0.864. The van der Waals surface area contributed by atoms with Gasteiger partial charge in [0.25, 0.3) is 0 Å². The van der Waals surface area contributed by atoms with Gasteiger partial charge in [-0.05, 0) is 49.1 Å². The Hall–Kier alpha value is -1.32. The zero-order valence-corrected chi connectivity index (χ0v) is 13.4. The van der Waals surface area contributed by atoms with Crippen molar-refractivity contribution in [3.63, 3.8) is 0 Å². The number of nitrogens with zero attached hydrogens (tertiary/aromatic N) is 1. The molecule has 0 aliphatic rings. The minimum Gasteiger partial charge on any atom is -0.326 e. The van der Waals surface area contributed by atoms with Crippen LogP contribution in [0, 0.1) is 13.8 Å². The Morgan fingerprint density at radius 3 is 2.35 bits per heavy atom. The number of hydrogen-bond acceptors (Lipinski definition) is 3. The molecule has 0 radical (unpaired) electrons. The van der Waals surface area contributed by atoms with Crippen molar-refractivity contribution >= 4 is 11.8 Å². The normalized spacial score (nSPS) is 11.1. The molecule has 0 fully saturated rings. The lowest BCUT2D eigenvalue weighted by Gasteiger charge is -2.12. The minimum atomic E-state index is 0.533. The molecule has 0 bridgehead atoms. The van der Waals surface area contributed by atoms with Crippen molar-refractivity contribution in [3.8, 4) is 0 Å². The quantitative estimate of drug-likeness (QED) is 0.903. The zero-order chi connectivity index (χ0) is 14.7. The summed E-state index contributed by atoms with van der Waals surface area (Å²) in [4.78, 5) is 5.85. The van der Waals surface area contributed by atoms with Crippen LogP contribution in [0.3, 0.4) is 0 Å². The highest BCUT2D eigenvalue weighted by molar-refractivity contribution is 7.99. The third-order valence-corrected chi connectivity index (χ3v) is 4.44. The second-order valence-corrected chi connectivity index (χ2v) is 6.46. The standard InChI is InChI=1S/C17H22N2S/c1-11(2)14-5-7-15(8-6-14)20-17-16(10-18)12(3)9-13(4)19-17/h5-9,11H,10,18H2,1-4H3. The SMILES string of the molecule is Cc1cc(C)c(CN)c(Sc2ccc(C(C)C)cc2)n1. The van der Waals surface area contributed by atoms with E-state index >= 15 is 0 Å². The Balaban J connectivity index is 2.29. The summed E-state index contributed by atoms with van der Waals surface area (Å²) in [5.41, 5.74) is 10.6. The first-order valence-corrected chi connectivity index (χ1v) is 7.78. The highest BCUT2D eigenvalue weighted by Crippen LogP contribution is 2.31. The fraction of sp³-hybridized carbons (Fsp3) is 0.353. The molecular weight excluding hydrogens is 264 g/mol. The van der Waals surface area contributed by atoms with E-state index in [1.807, 2.05) is 6.92 Å². The fourth-order valence-corrected chi connectivity index (χ4v) is 3.25. The van der Waals surface area contributed by atoms with Gasteiger partial charge in [0, 0.05) is 22.7 Å². The Labute approximate surface area is 125 Å². The molecule has 106 valence electrons. The molecule has 1 aromatic carbocycles. The summed E-state index contributed by atoms with van der Waals surface area (Å²) >= 11 is 1.70. The summed E-state index contributed by atoms with van der Waals surface area (Å²) < 4.78 is 0. The van der Waals surface area contributed by atoms with E-state index in [9.17, 15) is 0 Å². The molecule has 0 unspecified atom stereocenters. The fourth-order valence-electron chi connectivity index (χ4n) is 2.19. The van der Waals surface area contributed by atoms with Gasteiger partial charge in [-0.25, -0.2) is 4.98 Å². The van der Waals surface area contributed by atoms with Crippen molar-refractivity contribution in [2.24, 2.45) is 5.73 Å². The summed E-state index contributed by atoms with van der Waals surface area (Å²) in [6, 6.07) is 10.8. The predicted octanol–water partition coefficient (Wildman–Crippen LogP) is 4.43. The summed E-state index contributed by atoms with van der Waals surface area (Å²) in [5, 5.41) is 1.03. The van der Waals surface area contributed by atoms with Crippen molar-refractivity contribution in [1.29, 1.82) is 0 Å². The van der Waals surface area contributed by atoms with Crippen LogP contribution in [0.2, 0.25) is 0 Å². The molecule has 2 aromatic rings. The van der Waals surface area contributed by atoms with Crippen LogP contribution >= 0.6 is 11.8 Å². The minimum absolute atomic E-state index is 0.533. The first-order valence-electron chi connectivity index (χ1n) is 6.96. The maximum absolute atomic E-state index is 5.87. The van der Waals surface area contributed by atoms with Gasteiger partial charge in [-0.2, -0.15) is 0 Å². The van der Waals surface area contributed by atoms with Gasteiger partial charge in [0.05, 0.1) is 0 Å². The van der Waals surface area contributed by atoms with Crippen LogP contribution < -0.4 is 5.73 Å². The van der Waals surface area contributed by atoms with E-state index < -0.39 is 0 Å². The molecular formula is C17H22N2S. The first-order chi connectivity index (χ1) is 9.51. The van der Waals surface area contributed by atoms with E-state index in [4.69, 9.17) is 5.73 Å². The van der Waals surface area contributed by atoms with E-state index in [1.165, 1.54) is 16.0 Å². The molecule has 2 N–H and O–H groups in total. The zero-order valence-electron chi connectivity index (χ0n) is 12.6. The number of pyridine rings is 1. The Morgan fingerprint density at radius 2 is 1.80 bits per heavy atom. The maximum Gasteiger partial charge on any atom is 0.106 e. The van der Waals surface area contributed by atoms with Crippen LogP contribution in [0.5, 0.6) is 0 Å². The third kappa shape index (κ3) is 3.41. The summed E-state index contributed by atoms with van der Waals surface area (Å²) in [7, 11) is 0. The number of hydrogen-bond donors (Lipinski definition) is 1. The van der Waals surface area contributed by atoms with Crippen LogP contribution in [-0.2, 0) is 6.54 Å². The first kappa shape index (κ1) is 15.1. The smallest absolute Gasteiger partial charge is 0.106 e. The van der Waals surface area contributed by atoms with Crippen molar-refractivity contribution in [1.82, 2.24) is 4.98 Å². The molecule has 0 saturated carbocycles. The number of benzene rings is 1. The molecule has 3 heteroatoms. The van der Waals surface area contributed by atoms with Gasteiger partial charge in [0.2, 0.25) is 0 Å². The average molecular weight is 286 g/mol. The van der Waals surface area contributed by atoms with Crippen LogP contribution in [0.4, 0.5) is 0 Å². The van der Waals surface area contributed by atoms with E-state index in [-0.39, 0.29) is 0 Å². The lowest BCUT2D eigenvalue weighted by atomic mass is 10.0. The van der Waals surface area contributed by atoms with Gasteiger partial charge < -0.3 is 5.73 Å². The van der Waals surface area contributed by atoms with Gasteiger partial charge in [0.15, 0.2) is 0 Å². The highest BCUT2D eigenvalue weighted by Gasteiger charge is 2.09. The molecule has 20 heavy (non-hydrogen) atoms. The number of aromatic nitrogens is 1. The Morgan fingerprint density at radius 1 is 1.15 bits per heavy atom. The van der Waals surface area contributed by atoms with Crippen molar-refractivity contribution < 1.29 is 0 Å². The maximum atomic E-state index is 5.87. The molecule has 0 atom stereocenters. The second kappa shape index (κ2) is 6.42. The molecule has 0 spiro atoms. The largest absolute Gasteiger partial charge is 0.326 e. The molecule has 0 amide bonds. The van der Waals surface area contributed by atoms with Crippen LogP contribution in [0.15, 0.2) is 40.3 Å². The third-order valence-electron chi connectivity index (χ3n) is 3.40. The van der Waals surface area contributed by atoms with Gasteiger partial charge in [0.1, 0.15) is 5.03 Å². The number of rotatable bonds is 4. The average Bonchev–Trinajstić information content (AvgIpc) is 2.39. The highest BCUT2D eigenvalue weighted by atomic mass is 32.2. The predicted molar refractivity (Wildman–Crippen MR) is 86.3 cm³/mol. The monoisotopic (exact) mass is 286 g/mol. The van der Waals surface area contributed by atoms with Crippen LogP contribution in [0.1, 0.15) is 42.1 Å². The van der Waals surface area contributed by atoms with Crippen molar-refractivity contribution in [3.05, 3.63) is 52.7 Å². The van der Waals surface area contributed by atoms with Crippen LogP contribution in [-0.4, -0.2) is 4.98 Å². The van der Waals surface area contributed by atoms with Crippen molar-refractivity contribution in [2.75, 3.05) is 0 Å². The molecule has 0 saturated heterocycles. The van der Waals surface area contributed by atoms with Gasteiger partial charge in [-0.15, -0.1) is 0 Å². The van der Waals surface area contributed by atoms with Gasteiger partial charge in [-0.3, -0.25) is 0 Å². The molecule has 0 aliphatic carbocycles. The lowest BCUT2D eigenvalue weighted by Crippen LogP contribution is -2.04. The topological polar surface area (TPSA) is 38.9 Å². The van der Waals surface area contributed by atoms with Gasteiger partial charge >= 0.3 is 0 Å². The summed E-state index contributed by atoms with van der Waals surface area (Å²) in [5.74, 6) is 0.563. The van der Waals surface area contributed by atoms with E-state index in [0.29, 0.717) is 12.5 Å². The molecule has 0 aliphatic heterocycles. The van der Waals surface area contributed by atoms with E-state index in [1.54, 1.807) is 11.8 Å². The Bertz CT molecular complexity index is 589. The van der Waals surface area contributed by atoms with Crippen LogP contribution in [0.25, 0.3) is 0 Å². The van der Waals surface area contributed by atoms with Gasteiger partial charge in [-0.1, -0.05) is 37.7 Å². The van der Waals surface area contributed by atoms with Crippen molar-refractivity contribution in [2.45, 2.75) is 50.1 Å². The Kier molecular flexibility index (Phi) is 4.84. The summed E-state index contributed by atoms with van der Waals surface area (Å²) in [6.07, 6.45) is 0. The second-order valence-electron chi connectivity index (χ2n) is 5.39. The summed E-state index contributed by atoms with van der Waals surface area (Å²) in [6.45, 7) is 9.08. The molecule has 2 nitrogen and oxygen atoms in total.